The van der Waals surface area contributed by atoms with Crippen LogP contribution in [0.2, 0.25) is 0 Å². The zero-order valence-corrected chi connectivity index (χ0v) is 17.5. The number of rotatable bonds is 8. The van der Waals surface area contributed by atoms with E-state index in [-0.39, 0.29) is 11.0 Å². The number of nitrogens with zero attached hydrogens (tertiary/aromatic N) is 1. The number of hydrogen-bond acceptors (Lipinski definition) is 4. The van der Waals surface area contributed by atoms with E-state index in [1.165, 1.54) is 7.05 Å². The van der Waals surface area contributed by atoms with Gasteiger partial charge in [-0.3, -0.25) is 4.99 Å². The highest BCUT2D eigenvalue weighted by Crippen LogP contribution is 2.14. The van der Waals surface area contributed by atoms with Gasteiger partial charge in [-0.1, -0.05) is 24.3 Å². The van der Waals surface area contributed by atoms with E-state index in [0.717, 1.165) is 16.9 Å². The highest BCUT2D eigenvalue weighted by molar-refractivity contribution is 7.89. The molecule has 7 nitrogen and oxygen atoms in total. The number of benzene rings is 2. The van der Waals surface area contributed by atoms with Crippen LogP contribution in [0.1, 0.15) is 18.1 Å². The molecule has 0 amide bonds. The van der Waals surface area contributed by atoms with Crippen molar-refractivity contribution in [3.8, 4) is 5.75 Å². The molecule has 0 spiro atoms. The molecule has 1 unspecified atom stereocenters. The molecule has 0 saturated heterocycles. The Morgan fingerprint density at radius 3 is 2.46 bits per heavy atom. The Morgan fingerprint density at radius 1 is 1.14 bits per heavy atom. The van der Waals surface area contributed by atoms with E-state index >= 15 is 0 Å². The average Bonchev–Trinajstić information content (AvgIpc) is 2.68. The van der Waals surface area contributed by atoms with E-state index in [1.807, 2.05) is 38.1 Å². The summed E-state index contributed by atoms with van der Waals surface area (Å²) < 4.78 is 31.7. The molecule has 0 aliphatic carbocycles. The van der Waals surface area contributed by atoms with Crippen molar-refractivity contribution in [2.24, 2.45) is 4.99 Å². The number of ether oxygens (including phenoxy) is 1. The summed E-state index contributed by atoms with van der Waals surface area (Å²) in [4.78, 5) is 4.44. The van der Waals surface area contributed by atoms with Crippen LogP contribution < -0.4 is 20.1 Å². The molecule has 0 saturated carbocycles. The van der Waals surface area contributed by atoms with Crippen molar-refractivity contribution >= 4 is 16.0 Å². The van der Waals surface area contributed by atoms with Gasteiger partial charge in [0, 0.05) is 13.6 Å². The van der Waals surface area contributed by atoms with Gasteiger partial charge in [-0.05, 0) is 56.3 Å². The monoisotopic (exact) mass is 404 g/mol. The van der Waals surface area contributed by atoms with Crippen molar-refractivity contribution in [1.82, 2.24) is 15.4 Å². The lowest BCUT2D eigenvalue weighted by molar-refractivity contribution is 0.223. The van der Waals surface area contributed by atoms with Crippen molar-refractivity contribution < 1.29 is 13.2 Å². The van der Waals surface area contributed by atoms with Crippen LogP contribution in [0.25, 0.3) is 0 Å². The topological polar surface area (TPSA) is 91.8 Å². The van der Waals surface area contributed by atoms with Gasteiger partial charge in [-0.25, -0.2) is 13.1 Å². The second-order valence-electron chi connectivity index (χ2n) is 6.40. The van der Waals surface area contributed by atoms with Gasteiger partial charge in [0.1, 0.15) is 11.9 Å². The van der Waals surface area contributed by atoms with Crippen LogP contribution in [0.3, 0.4) is 0 Å². The Bertz CT molecular complexity index is 896. The lowest BCUT2D eigenvalue weighted by Crippen LogP contribution is -2.41. The minimum Gasteiger partial charge on any atom is -0.489 e. The fourth-order valence-corrected chi connectivity index (χ4v) is 3.24. The first-order valence-electron chi connectivity index (χ1n) is 9.04. The molecular formula is C20H28N4O3S. The first kappa shape index (κ1) is 21.7. The van der Waals surface area contributed by atoms with Crippen LogP contribution in [-0.4, -0.2) is 41.1 Å². The maximum absolute atomic E-state index is 11.8. The third-order valence-electron chi connectivity index (χ3n) is 4.07. The summed E-state index contributed by atoms with van der Waals surface area (Å²) in [6.45, 7) is 5.13. The highest BCUT2D eigenvalue weighted by atomic mass is 32.2. The van der Waals surface area contributed by atoms with E-state index in [4.69, 9.17) is 4.74 Å². The molecule has 152 valence electrons. The van der Waals surface area contributed by atoms with Crippen LogP contribution in [0.15, 0.2) is 58.4 Å². The maximum atomic E-state index is 11.8. The normalized spacial score (nSPS) is 13.1. The lowest BCUT2D eigenvalue weighted by atomic mass is 10.2. The molecule has 0 fully saturated rings. The number of aliphatic imine (C=N–C) groups is 1. The second kappa shape index (κ2) is 10.1. The smallest absolute Gasteiger partial charge is 0.240 e. The maximum Gasteiger partial charge on any atom is 0.240 e. The van der Waals surface area contributed by atoms with Crippen LogP contribution >= 0.6 is 0 Å². The zero-order valence-electron chi connectivity index (χ0n) is 16.7. The Morgan fingerprint density at radius 2 is 1.86 bits per heavy atom. The standard InChI is InChI=1S/C20H28N4O3S/c1-15-6-5-7-18(12-15)27-16(2)13-23-20(21-3)24-14-17-8-10-19(11-9-17)28(25,26)22-4/h5-12,16,22H,13-14H2,1-4H3,(H2,21,23,24). The number of guanidine groups is 1. The van der Waals surface area contributed by atoms with Gasteiger partial charge < -0.3 is 15.4 Å². The fraction of sp³-hybridized carbons (Fsp3) is 0.350. The fourth-order valence-electron chi connectivity index (χ4n) is 2.51. The molecule has 2 rings (SSSR count). The summed E-state index contributed by atoms with van der Waals surface area (Å²) in [5.74, 6) is 1.49. The van der Waals surface area contributed by atoms with Gasteiger partial charge in [0.05, 0.1) is 11.4 Å². The molecule has 0 heterocycles. The summed E-state index contributed by atoms with van der Waals surface area (Å²) in [5, 5.41) is 6.43. The van der Waals surface area contributed by atoms with Gasteiger partial charge in [-0.2, -0.15) is 0 Å². The molecular weight excluding hydrogens is 376 g/mol. The summed E-state index contributed by atoms with van der Waals surface area (Å²) in [6, 6.07) is 14.6. The molecule has 2 aromatic rings. The van der Waals surface area contributed by atoms with E-state index in [0.29, 0.717) is 19.0 Å². The van der Waals surface area contributed by atoms with Crippen LogP contribution in [0.5, 0.6) is 5.75 Å². The minimum absolute atomic E-state index is 0.0358. The largest absolute Gasteiger partial charge is 0.489 e. The Hall–Kier alpha value is -2.58. The molecule has 28 heavy (non-hydrogen) atoms. The van der Waals surface area contributed by atoms with E-state index in [9.17, 15) is 8.42 Å². The molecule has 2 aromatic carbocycles. The lowest BCUT2D eigenvalue weighted by Gasteiger charge is -2.18. The van der Waals surface area contributed by atoms with Crippen LogP contribution in [-0.2, 0) is 16.6 Å². The summed E-state index contributed by atoms with van der Waals surface area (Å²) in [6.07, 6.45) is -0.0358. The summed E-state index contributed by atoms with van der Waals surface area (Å²) in [5.41, 5.74) is 2.10. The van der Waals surface area contributed by atoms with E-state index < -0.39 is 10.0 Å². The van der Waals surface area contributed by atoms with Crippen molar-refractivity contribution in [3.05, 3.63) is 59.7 Å². The predicted molar refractivity (Wildman–Crippen MR) is 112 cm³/mol. The van der Waals surface area contributed by atoms with Crippen LogP contribution in [0.4, 0.5) is 0 Å². The summed E-state index contributed by atoms with van der Waals surface area (Å²) in [7, 11) is -0.327. The van der Waals surface area contributed by atoms with E-state index in [2.05, 4.69) is 20.3 Å². The molecule has 1 atom stereocenters. The number of nitrogens with one attached hydrogen (secondary N) is 3. The average molecular weight is 405 g/mol. The van der Waals surface area contributed by atoms with Gasteiger partial charge in [0.2, 0.25) is 10.0 Å². The Kier molecular flexibility index (Phi) is 7.83. The third-order valence-corrected chi connectivity index (χ3v) is 5.50. The third kappa shape index (κ3) is 6.54. The quantitative estimate of drug-likeness (QED) is 0.463. The molecule has 0 aliphatic heterocycles. The first-order chi connectivity index (χ1) is 13.3. The van der Waals surface area contributed by atoms with Crippen molar-refractivity contribution in [2.75, 3.05) is 20.6 Å². The predicted octanol–water partition coefficient (Wildman–Crippen LogP) is 2.04. The molecule has 0 radical (unpaired) electrons. The number of hydrogen-bond donors (Lipinski definition) is 3. The molecule has 8 heteroatoms. The van der Waals surface area contributed by atoms with E-state index in [1.54, 1.807) is 31.3 Å². The Balaban J connectivity index is 1.82. The molecule has 0 aliphatic rings. The Labute approximate surface area is 167 Å². The van der Waals surface area contributed by atoms with Crippen molar-refractivity contribution in [2.45, 2.75) is 31.4 Å². The summed E-state index contributed by atoms with van der Waals surface area (Å²) >= 11 is 0. The molecule has 3 N–H and O–H groups in total. The second-order valence-corrected chi connectivity index (χ2v) is 8.29. The van der Waals surface area contributed by atoms with Crippen molar-refractivity contribution in [3.63, 3.8) is 0 Å². The van der Waals surface area contributed by atoms with Gasteiger partial charge in [-0.15, -0.1) is 0 Å². The minimum atomic E-state index is -3.42. The van der Waals surface area contributed by atoms with Gasteiger partial charge in [0.15, 0.2) is 5.96 Å². The first-order valence-corrected chi connectivity index (χ1v) is 10.5. The molecule has 0 bridgehead atoms. The number of aryl methyl sites for hydroxylation is 1. The number of sulfonamides is 1. The highest BCUT2D eigenvalue weighted by Gasteiger charge is 2.10. The molecule has 0 aromatic heterocycles. The van der Waals surface area contributed by atoms with Crippen LogP contribution in [0, 0.1) is 6.92 Å². The zero-order chi connectivity index (χ0) is 20.6. The van der Waals surface area contributed by atoms with Crippen molar-refractivity contribution in [1.29, 1.82) is 0 Å². The van der Waals surface area contributed by atoms with Gasteiger partial charge in [0.25, 0.3) is 0 Å². The van der Waals surface area contributed by atoms with Gasteiger partial charge >= 0.3 is 0 Å². The SMILES string of the molecule is CN=C(NCc1ccc(S(=O)(=O)NC)cc1)NCC(C)Oc1cccc(C)c1.